The largest absolute Gasteiger partial charge is 0.458 e. The van der Waals surface area contributed by atoms with Crippen molar-refractivity contribution in [2.45, 2.75) is 102 Å². The molecule has 0 aromatic carbocycles. The Balaban J connectivity index is 1.99. The average molecular weight is 425 g/mol. The van der Waals surface area contributed by atoms with Gasteiger partial charge in [-0.3, -0.25) is 4.79 Å². The van der Waals surface area contributed by atoms with Gasteiger partial charge in [0, 0.05) is 25.5 Å². The Morgan fingerprint density at radius 3 is 2.57 bits per heavy atom. The molecule has 3 aliphatic rings. The molecule has 0 aromatic rings. The lowest BCUT2D eigenvalue weighted by atomic mass is 9.75. The van der Waals surface area contributed by atoms with Crippen LogP contribution >= 0.6 is 0 Å². The number of carbonyl (C=O) groups is 2. The van der Waals surface area contributed by atoms with Crippen molar-refractivity contribution in [1.82, 2.24) is 0 Å². The van der Waals surface area contributed by atoms with Crippen LogP contribution in [0.1, 0.15) is 66.2 Å². The van der Waals surface area contributed by atoms with Gasteiger partial charge in [-0.25, -0.2) is 4.79 Å². The van der Waals surface area contributed by atoms with Crippen LogP contribution in [-0.4, -0.2) is 59.8 Å². The topological polar surface area (TPSA) is 91.3 Å². The van der Waals surface area contributed by atoms with E-state index in [-0.39, 0.29) is 12.0 Å². The summed E-state index contributed by atoms with van der Waals surface area (Å²) in [7, 11) is 1.70. The molecule has 7 heteroatoms. The third-order valence-corrected chi connectivity index (χ3v) is 7.42. The van der Waals surface area contributed by atoms with E-state index in [1.54, 1.807) is 14.0 Å². The molecule has 3 rings (SSSR count). The second-order valence-electron chi connectivity index (χ2n) is 9.71. The highest BCUT2D eigenvalue weighted by Gasteiger charge is 2.52. The lowest BCUT2D eigenvalue weighted by Crippen LogP contribution is -2.56. The summed E-state index contributed by atoms with van der Waals surface area (Å²) in [4.78, 5) is 24.2. The van der Waals surface area contributed by atoms with Gasteiger partial charge in [0.25, 0.3) is 0 Å². The summed E-state index contributed by atoms with van der Waals surface area (Å²) in [6.45, 7) is 11.2. The molecule has 1 N–H and O–H groups in total. The second-order valence-corrected chi connectivity index (χ2v) is 9.71. The van der Waals surface area contributed by atoms with Crippen molar-refractivity contribution in [3.05, 3.63) is 12.2 Å². The zero-order chi connectivity index (χ0) is 22.3. The summed E-state index contributed by atoms with van der Waals surface area (Å²) in [6.07, 6.45) is 2.17. The maximum Gasteiger partial charge on any atom is 0.334 e. The number of hydrogen-bond acceptors (Lipinski definition) is 7. The van der Waals surface area contributed by atoms with Gasteiger partial charge in [0.1, 0.15) is 12.2 Å². The number of methoxy groups -OCH3 is 1. The minimum absolute atomic E-state index is 0.0121. The first-order valence-electron chi connectivity index (χ1n) is 11.0. The Hall–Kier alpha value is -1.44. The molecule has 3 saturated heterocycles. The molecule has 7 nitrogen and oxygen atoms in total. The molecule has 0 aromatic heterocycles. The van der Waals surface area contributed by atoms with E-state index >= 15 is 0 Å². The minimum Gasteiger partial charge on any atom is -0.458 e. The summed E-state index contributed by atoms with van der Waals surface area (Å²) in [5, 5.41) is 11.1. The standard InChI is InChI=1S/C23H36O7/c1-13-8-7-10-23(5,27-6)17-9-11-22(4,26)18(29-17)12-16-14(2)21(25)30-20(16)19(13)28-15(3)24/h13,16-20,26H,2,7-12H2,1,3-6H3/t13-,16-,17+,18+,19+,20+,22+,23-/m0/s1. The highest BCUT2D eigenvalue weighted by atomic mass is 16.6. The van der Waals surface area contributed by atoms with Crippen molar-refractivity contribution in [3.63, 3.8) is 0 Å². The maximum atomic E-state index is 12.4. The number of aliphatic hydroxyl groups is 1. The number of esters is 2. The van der Waals surface area contributed by atoms with Crippen molar-refractivity contribution in [2.75, 3.05) is 7.11 Å². The SMILES string of the molecule is C=C1C(=O)O[C@H]2[C@H](OC(C)=O)[C@@H](C)CCC[C@](C)(OC)[C@H]3CC[C@@](C)(O)[C@@H](C[C@@H]12)O3. The molecule has 3 heterocycles. The van der Waals surface area contributed by atoms with Crippen molar-refractivity contribution >= 4 is 11.9 Å². The van der Waals surface area contributed by atoms with Gasteiger partial charge in [-0.1, -0.05) is 19.9 Å². The first kappa shape index (κ1) is 23.2. The molecule has 2 bridgehead atoms. The predicted molar refractivity (Wildman–Crippen MR) is 110 cm³/mol. The van der Waals surface area contributed by atoms with Gasteiger partial charge >= 0.3 is 11.9 Å². The quantitative estimate of drug-likeness (QED) is 0.538. The van der Waals surface area contributed by atoms with E-state index in [4.69, 9.17) is 18.9 Å². The van der Waals surface area contributed by atoms with Gasteiger partial charge in [0.05, 0.1) is 23.4 Å². The van der Waals surface area contributed by atoms with E-state index in [1.165, 1.54) is 6.92 Å². The molecule has 0 unspecified atom stereocenters. The summed E-state index contributed by atoms with van der Waals surface area (Å²) in [5.74, 6) is -1.29. The smallest absolute Gasteiger partial charge is 0.334 e. The minimum atomic E-state index is -1.05. The van der Waals surface area contributed by atoms with E-state index in [0.29, 0.717) is 24.8 Å². The van der Waals surface area contributed by atoms with Crippen LogP contribution in [0.5, 0.6) is 0 Å². The molecule has 30 heavy (non-hydrogen) atoms. The Kier molecular flexibility index (Phi) is 6.65. The van der Waals surface area contributed by atoms with Crippen LogP contribution in [0, 0.1) is 11.8 Å². The number of hydrogen-bond donors (Lipinski definition) is 1. The van der Waals surface area contributed by atoms with E-state index in [1.807, 2.05) is 6.92 Å². The lowest BCUT2D eigenvalue weighted by Gasteiger charge is -2.48. The summed E-state index contributed by atoms with van der Waals surface area (Å²) in [5.41, 5.74) is -1.19. The van der Waals surface area contributed by atoms with Gasteiger partial charge in [-0.05, 0) is 51.9 Å². The second kappa shape index (κ2) is 8.60. The van der Waals surface area contributed by atoms with Gasteiger partial charge in [0.15, 0.2) is 0 Å². The molecule has 0 radical (unpaired) electrons. The molecule has 8 atom stereocenters. The fraction of sp³-hybridized carbons (Fsp3) is 0.826. The van der Waals surface area contributed by atoms with Crippen LogP contribution in [0.3, 0.4) is 0 Å². The Morgan fingerprint density at radius 2 is 1.93 bits per heavy atom. The van der Waals surface area contributed by atoms with E-state index in [0.717, 1.165) is 19.3 Å². The normalized spacial score (nSPS) is 45.0. The molecular formula is C23H36O7. The lowest BCUT2D eigenvalue weighted by molar-refractivity contribution is -0.228. The van der Waals surface area contributed by atoms with Crippen LogP contribution in [0.25, 0.3) is 0 Å². The highest BCUT2D eigenvalue weighted by molar-refractivity contribution is 5.91. The van der Waals surface area contributed by atoms with E-state index < -0.39 is 47.4 Å². The monoisotopic (exact) mass is 424 g/mol. The Bertz CT molecular complexity index is 687. The maximum absolute atomic E-state index is 12.4. The first-order chi connectivity index (χ1) is 14.0. The first-order valence-corrected chi connectivity index (χ1v) is 11.0. The predicted octanol–water partition coefficient (Wildman–Crippen LogP) is 2.93. The van der Waals surface area contributed by atoms with Crippen molar-refractivity contribution in [3.8, 4) is 0 Å². The average Bonchev–Trinajstić information content (AvgIpc) is 2.94. The van der Waals surface area contributed by atoms with Crippen LogP contribution in [0.2, 0.25) is 0 Å². The number of fused-ring (bicyclic) bond motifs is 3. The van der Waals surface area contributed by atoms with Gasteiger partial charge in [-0.15, -0.1) is 0 Å². The fourth-order valence-electron chi connectivity index (χ4n) is 5.22. The van der Waals surface area contributed by atoms with Crippen LogP contribution in [-0.2, 0) is 28.5 Å². The van der Waals surface area contributed by atoms with Crippen molar-refractivity contribution in [1.29, 1.82) is 0 Å². The van der Waals surface area contributed by atoms with Crippen molar-refractivity contribution < 1.29 is 33.6 Å². The number of rotatable bonds is 2. The summed E-state index contributed by atoms with van der Waals surface area (Å²) < 4.78 is 23.6. The Labute approximate surface area is 179 Å². The highest BCUT2D eigenvalue weighted by Crippen LogP contribution is 2.44. The van der Waals surface area contributed by atoms with Crippen LogP contribution in [0.4, 0.5) is 0 Å². The van der Waals surface area contributed by atoms with Crippen LogP contribution < -0.4 is 0 Å². The molecule has 0 spiro atoms. The summed E-state index contributed by atoms with van der Waals surface area (Å²) in [6, 6.07) is 0. The molecule has 3 aliphatic heterocycles. The number of ether oxygens (including phenoxy) is 4. The number of carbonyl (C=O) groups excluding carboxylic acids is 2. The molecule has 0 saturated carbocycles. The molecular weight excluding hydrogens is 388 g/mol. The van der Waals surface area contributed by atoms with Gasteiger partial charge in [0.2, 0.25) is 0 Å². The van der Waals surface area contributed by atoms with Crippen LogP contribution in [0.15, 0.2) is 12.2 Å². The zero-order valence-corrected chi connectivity index (χ0v) is 18.8. The van der Waals surface area contributed by atoms with E-state index in [2.05, 4.69) is 13.5 Å². The third-order valence-electron chi connectivity index (χ3n) is 7.42. The molecule has 0 amide bonds. The summed E-state index contributed by atoms with van der Waals surface area (Å²) >= 11 is 0. The molecule has 0 aliphatic carbocycles. The van der Waals surface area contributed by atoms with Gasteiger partial charge in [-0.2, -0.15) is 0 Å². The fourth-order valence-corrected chi connectivity index (χ4v) is 5.22. The Morgan fingerprint density at radius 1 is 1.23 bits per heavy atom. The molecule has 170 valence electrons. The van der Waals surface area contributed by atoms with E-state index in [9.17, 15) is 14.7 Å². The molecule has 3 fully saturated rings. The zero-order valence-electron chi connectivity index (χ0n) is 18.8. The van der Waals surface area contributed by atoms with Crippen molar-refractivity contribution in [2.24, 2.45) is 11.8 Å². The van der Waals surface area contributed by atoms with Gasteiger partial charge < -0.3 is 24.1 Å². The third kappa shape index (κ3) is 4.43.